The van der Waals surface area contributed by atoms with E-state index in [4.69, 9.17) is 9.05 Å². The van der Waals surface area contributed by atoms with Gasteiger partial charge in [-0.1, -0.05) is 10.3 Å². The molecule has 2 aromatic rings. The summed E-state index contributed by atoms with van der Waals surface area (Å²) in [6.07, 6.45) is 2.02. The highest BCUT2D eigenvalue weighted by Crippen LogP contribution is 2.21. The Kier molecular flexibility index (Phi) is 3.70. The number of aryl methyl sites for hydroxylation is 2. The summed E-state index contributed by atoms with van der Waals surface area (Å²) in [5.74, 6) is 0.834. The number of carbonyl (C=O) groups excluding carboxylic acids is 1. The van der Waals surface area contributed by atoms with Crippen molar-refractivity contribution in [2.75, 3.05) is 6.54 Å². The molecule has 1 fully saturated rings. The Bertz CT molecular complexity index is 623. The molecule has 1 unspecified atom stereocenters. The van der Waals surface area contributed by atoms with Gasteiger partial charge in [-0.05, 0) is 33.2 Å². The van der Waals surface area contributed by atoms with E-state index in [1.807, 2.05) is 6.92 Å². The summed E-state index contributed by atoms with van der Waals surface area (Å²) in [5.41, 5.74) is 1.63. The molecule has 21 heavy (non-hydrogen) atoms. The second-order valence-electron chi connectivity index (χ2n) is 5.09. The second kappa shape index (κ2) is 5.65. The molecule has 3 rings (SSSR count). The maximum atomic E-state index is 12.0. The molecule has 1 saturated heterocycles. The smallest absolute Gasteiger partial charge is 0.292 e. The predicted octanol–water partition coefficient (Wildman–Crippen LogP) is 1.03. The van der Waals surface area contributed by atoms with Gasteiger partial charge in [-0.3, -0.25) is 4.79 Å². The van der Waals surface area contributed by atoms with Crippen LogP contribution in [-0.2, 0) is 6.54 Å². The van der Waals surface area contributed by atoms with Crippen molar-refractivity contribution in [3.8, 4) is 0 Å². The summed E-state index contributed by atoms with van der Waals surface area (Å²) in [7, 11) is 0. The zero-order valence-corrected chi connectivity index (χ0v) is 12.0. The summed E-state index contributed by atoms with van der Waals surface area (Å²) < 4.78 is 10.2. The first-order valence-electron chi connectivity index (χ1n) is 6.92. The third-order valence-electron chi connectivity index (χ3n) is 3.61. The van der Waals surface area contributed by atoms with Crippen molar-refractivity contribution in [3.63, 3.8) is 0 Å². The van der Waals surface area contributed by atoms with E-state index >= 15 is 0 Å². The van der Waals surface area contributed by atoms with Gasteiger partial charge in [-0.15, -0.1) is 0 Å². The van der Waals surface area contributed by atoms with Gasteiger partial charge >= 0.3 is 0 Å². The molecule has 2 aromatic heterocycles. The van der Waals surface area contributed by atoms with Crippen molar-refractivity contribution in [2.24, 2.45) is 0 Å². The van der Waals surface area contributed by atoms with Crippen LogP contribution in [0.1, 0.15) is 52.4 Å². The van der Waals surface area contributed by atoms with Crippen molar-refractivity contribution >= 4 is 5.91 Å². The fourth-order valence-electron chi connectivity index (χ4n) is 2.37. The monoisotopic (exact) mass is 291 g/mol. The Hall–Kier alpha value is -2.22. The molecule has 0 radical (unpaired) electrons. The van der Waals surface area contributed by atoms with Gasteiger partial charge in [0.2, 0.25) is 5.89 Å². The van der Waals surface area contributed by atoms with E-state index in [-0.39, 0.29) is 17.8 Å². The van der Waals surface area contributed by atoms with Crippen LogP contribution in [0.25, 0.3) is 0 Å². The molecule has 8 heteroatoms. The topological polar surface area (TPSA) is 106 Å². The number of hydrogen-bond acceptors (Lipinski definition) is 7. The molecular formula is C13H17N5O3. The fraction of sp³-hybridized carbons (Fsp3) is 0.538. The van der Waals surface area contributed by atoms with Crippen LogP contribution in [0.15, 0.2) is 9.05 Å². The van der Waals surface area contributed by atoms with Gasteiger partial charge in [0.15, 0.2) is 0 Å². The first-order chi connectivity index (χ1) is 10.1. The zero-order chi connectivity index (χ0) is 14.8. The van der Waals surface area contributed by atoms with E-state index in [9.17, 15) is 4.79 Å². The van der Waals surface area contributed by atoms with Crippen molar-refractivity contribution in [2.45, 2.75) is 39.3 Å². The van der Waals surface area contributed by atoms with E-state index in [2.05, 4.69) is 25.9 Å². The first kappa shape index (κ1) is 13.7. The lowest BCUT2D eigenvalue weighted by atomic mass is 10.2. The fourth-order valence-corrected chi connectivity index (χ4v) is 2.37. The zero-order valence-electron chi connectivity index (χ0n) is 12.0. The molecular weight excluding hydrogens is 274 g/mol. The van der Waals surface area contributed by atoms with E-state index in [1.54, 1.807) is 6.92 Å². The lowest BCUT2D eigenvalue weighted by Gasteiger charge is -2.02. The molecule has 0 saturated carbocycles. The molecule has 0 spiro atoms. The Balaban J connectivity index is 1.63. The number of nitrogens with one attached hydrogen (secondary N) is 2. The van der Waals surface area contributed by atoms with Crippen LogP contribution in [0.2, 0.25) is 0 Å². The number of amides is 1. The van der Waals surface area contributed by atoms with Crippen LogP contribution in [0, 0.1) is 13.8 Å². The first-order valence-corrected chi connectivity index (χ1v) is 6.92. The molecule has 1 atom stereocenters. The van der Waals surface area contributed by atoms with Gasteiger partial charge in [0, 0.05) is 12.1 Å². The number of nitrogens with zero attached hydrogens (tertiary/aromatic N) is 3. The van der Waals surface area contributed by atoms with Crippen molar-refractivity contribution in [1.82, 2.24) is 25.9 Å². The van der Waals surface area contributed by atoms with Gasteiger partial charge in [0.25, 0.3) is 11.7 Å². The maximum Gasteiger partial charge on any atom is 0.292 e. The highest BCUT2D eigenvalue weighted by Gasteiger charge is 2.24. The highest BCUT2D eigenvalue weighted by molar-refractivity contribution is 5.90. The van der Waals surface area contributed by atoms with Gasteiger partial charge in [0.1, 0.15) is 5.76 Å². The largest absolute Gasteiger partial charge is 0.361 e. The van der Waals surface area contributed by atoms with Crippen LogP contribution >= 0.6 is 0 Å². The summed E-state index contributed by atoms with van der Waals surface area (Å²) in [6, 6.07) is 0.0570. The number of carbonyl (C=O) groups is 1. The minimum absolute atomic E-state index is 0.0467. The minimum atomic E-state index is -0.372. The molecule has 112 valence electrons. The summed E-state index contributed by atoms with van der Waals surface area (Å²) in [6.45, 7) is 4.89. The molecule has 0 bridgehead atoms. The average Bonchev–Trinajstić information content (AvgIpc) is 3.18. The Labute approximate surface area is 121 Å². The van der Waals surface area contributed by atoms with Crippen LogP contribution in [-0.4, -0.2) is 27.7 Å². The number of rotatable bonds is 4. The van der Waals surface area contributed by atoms with Crippen LogP contribution in [0.4, 0.5) is 0 Å². The molecule has 1 aliphatic rings. The average molecular weight is 291 g/mol. The lowest BCUT2D eigenvalue weighted by Crippen LogP contribution is -2.24. The van der Waals surface area contributed by atoms with Gasteiger partial charge in [-0.25, -0.2) is 0 Å². The minimum Gasteiger partial charge on any atom is -0.361 e. The Morgan fingerprint density at radius 3 is 2.90 bits per heavy atom. The Morgan fingerprint density at radius 1 is 1.38 bits per heavy atom. The summed E-state index contributed by atoms with van der Waals surface area (Å²) >= 11 is 0. The summed E-state index contributed by atoms with van der Waals surface area (Å²) in [5, 5.41) is 13.6. The van der Waals surface area contributed by atoms with E-state index in [0.29, 0.717) is 18.2 Å². The van der Waals surface area contributed by atoms with Crippen LogP contribution in [0.3, 0.4) is 0 Å². The van der Waals surface area contributed by atoms with Gasteiger partial charge < -0.3 is 19.7 Å². The third kappa shape index (κ3) is 2.80. The molecule has 2 N–H and O–H groups in total. The van der Waals surface area contributed by atoms with Crippen molar-refractivity contribution in [3.05, 3.63) is 28.7 Å². The predicted molar refractivity (Wildman–Crippen MR) is 71.4 cm³/mol. The van der Waals surface area contributed by atoms with E-state index in [1.165, 1.54) is 0 Å². The third-order valence-corrected chi connectivity index (χ3v) is 3.61. The van der Waals surface area contributed by atoms with Gasteiger partial charge in [-0.2, -0.15) is 4.98 Å². The normalized spacial score (nSPS) is 18.1. The molecule has 1 aliphatic heterocycles. The van der Waals surface area contributed by atoms with Gasteiger partial charge in [0.05, 0.1) is 11.7 Å². The molecule has 1 amide bonds. The lowest BCUT2D eigenvalue weighted by molar-refractivity contribution is 0.0937. The SMILES string of the molecule is Cc1noc(C)c1CNC(=O)c1noc(C2CCCN2)n1. The van der Waals surface area contributed by atoms with Crippen LogP contribution < -0.4 is 10.6 Å². The molecule has 8 nitrogen and oxygen atoms in total. The standard InChI is InChI=1S/C13H17N5O3/c1-7-9(8(2)20-17-7)6-15-12(19)11-16-13(21-18-11)10-4-3-5-14-10/h10,14H,3-6H2,1-2H3,(H,15,19). The molecule has 0 aliphatic carbocycles. The van der Waals surface area contributed by atoms with E-state index < -0.39 is 0 Å². The number of aromatic nitrogens is 3. The highest BCUT2D eigenvalue weighted by atomic mass is 16.5. The van der Waals surface area contributed by atoms with Crippen molar-refractivity contribution in [1.29, 1.82) is 0 Å². The van der Waals surface area contributed by atoms with E-state index in [0.717, 1.165) is 30.6 Å². The maximum absolute atomic E-state index is 12.0. The Morgan fingerprint density at radius 2 is 2.24 bits per heavy atom. The van der Waals surface area contributed by atoms with Crippen LogP contribution in [0.5, 0.6) is 0 Å². The summed E-state index contributed by atoms with van der Waals surface area (Å²) in [4.78, 5) is 16.2. The van der Waals surface area contributed by atoms with Crippen molar-refractivity contribution < 1.29 is 13.8 Å². The molecule has 3 heterocycles. The molecule has 0 aromatic carbocycles. The quantitative estimate of drug-likeness (QED) is 0.866. The number of hydrogen-bond donors (Lipinski definition) is 2. The second-order valence-corrected chi connectivity index (χ2v) is 5.09.